The molecule has 0 N–H and O–H groups in total. The van der Waals surface area contributed by atoms with Gasteiger partial charge >= 0.3 is 0 Å². The maximum Gasteiger partial charge on any atom is 0.224 e. The number of hydrogen-bond donors (Lipinski definition) is 0. The first-order valence-corrected chi connectivity index (χ1v) is 6.73. The van der Waals surface area contributed by atoms with Crippen LogP contribution < -0.4 is 0 Å². The molecule has 1 rings (SSSR count). The van der Waals surface area contributed by atoms with Gasteiger partial charge in [0, 0.05) is 12.3 Å². The minimum absolute atomic E-state index is 0.0205. The van der Waals surface area contributed by atoms with Crippen LogP contribution in [0.5, 0.6) is 0 Å². The molecule has 0 aromatic rings. The first-order chi connectivity index (χ1) is 7.59. The molecule has 0 amide bonds. The zero-order chi connectivity index (χ0) is 12.0. The fourth-order valence-electron chi connectivity index (χ4n) is 2.42. The van der Waals surface area contributed by atoms with Gasteiger partial charge in [-0.2, -0.15) is 0 Å². The zero-order valence-electron chi connectivity index (χ0n) is 9.38. The second-order valence-electron chi connectivity index (χ2n) is 4.64. The summed E-state index contributed by atoms with van der Waals surface area (Å²) >= 11 is 11.0. The Balaban J connectivity index is 2.42. The van der Waals surface area contributed by atoms with E-state index in [1.807, 2.05) is 0 Å². The number of hydrogen-bond acceptors (Lipinski definition) is 2. The van der Waals surface area contributed by atoms with E-state index in [4.69, 9.17) is 23.2 Å². The van der Waals surface area contributed by atoms with Crippen LogP contribution in [0.25, 0.3) is 0 Å². The third-order valence-electron chi connectivity index (χ3n) is 3.35. The Kier molecular flexibility index (Phi) is 6.37. The molecule has 0 spiro atoms. The van der Waals surface area contributed by atoms with Gasteiger partial charge in [0.2, 0.25) is 10.5 Å². The summed E-state index contributed by atoms with van der Waals surface area (Å²) in [6.45, 7) is 0. The van der Waals surface area contributed by atoms with Gasteiger partial charge in [-0.15, -0.1) is 0 Å². The van der Waals surface area contributed by atoms with Crippen LogP contribution >= 0.6 is 23.2 Å². The summed E-state index contributed by atoms with van der Waals surface area (Å²) in [6, 6.07) is 0. The Morgan fingerprint density at radius 1 is 0.938 bits per heavy atom. The van der Waals surface area contributed by atoms with Crippen LogP contribution in [-0.2, 0) is 9.59 Å². The second-order valence-corrected chi connectivity index (χ2v) is 5.44. The zero-order valence-corrected chi connectivity index (χ0v) is 10.9. The van der Waals surface area contributed by atoms with Crippen molar-refractivity contribution in [3.8, 4) is 0 Å². The lowest BCUT2D eigenvalue weighted by atomic mass is 9.94. The highest BCUT2D eigenvalue weighted by Gasteiger charge is 2.20. The van der Waals surface area contributed by atoms with Crippen LogP contribution in [0.3, 0.4) is 0 Å². The van der Waals surface area contributed by atoms with E-state index in [0.29, 0.717) is 12.3 Å². The van der Waals surface area contributed by atoms with Crippen molar-refractivity contribution in [2.75, 3.05) is 0 Å². The fraction of sp³-hybridized carbons (Fsp3) is 0.833. The van der Waals surface area contributed by atoms with Crippen molar-refractivity contribution in [3.63, 3.8) is 0 Å². The Bertz CT molecular complexity index is 253. The van der Waals surface area contributed by atoms with Crippen LogP contribution in [0.15, 0.2) is 0 Å². The lowest BCUT2D eigenvalue weighted by Gasteiger charge is -2.13. The smallest absolute Gasteiger partial charge is 0.224 e. The normalized spacial score (nSPS) is 27.6. The third kappa shape index (κ3) is 5.31. The Morgan fingerprint density at radius 2 is 1.50 bits per heavy atom. The van der Waals surface area contributed by atoms with Gasteiger partial charge in [0.15, 0.2) is 0 Å². The lowest BCUT2D eigenvalue weighted by Crippen LogP contribution is -2.08. The van der Waals surface area contributed by atoms with Crippen LogP contribution in [0.2, 0.25) is 0 Å². The van der Waals surface area contributed by atoms with Gasteiger partial charge in [0.25, 0.3) is 0 Å². The molecule has 4 heteroatoms. The summed E-state index contributed by atoms with van der Waals surface area (Å²) in [7, 11) is 0. The summed E-state index contributed by atoms with van der Waals surface area (Å²) in [4.78, 5) is 22.0. The minimum Gasteiger partial charge on any atom is -0.281 e. The van der Waals surface area contributed by atoms with Crippen molar-refractivity contribution in [2.24, 2.45) is 11.8 Å². The van der Waals surface area contributed by atoms with E-state index in [2.05, 4.69) is 0 Å². The summed E-state index contributed by atoms with van der Waals surface area (Å²) < 4.78 is 0. The Morgan fingerprint density at radius 3 is 2.12 bits per heavy atom. The molecule has 0 saturated heterocycles. The highest BCUT2D eigenvalue weighted by atomic mass is 35.5. The summed E-state index contributed by atoms with van der Waals surface area (Å²) in [6.07, 6.45) is 7.31. The number of carbonyl (C=O) groups excluding carboxylic acids is 2. The maximum atomic E-state index is 11.1. The fourth-order valence-corrected chi connectivity index (χ4v) is 2.86. The highest BCUT2D eigenvalue weighted by Crippen LogP contribution is 2.28. The predicted molar refractivity (Wildman–Crippen MR) is 65.6 cm³/mol. The molecule has 1 aliphatic rings. The molecular formula is C12H18Cl2O2. The van der Waals surface area contributed by atoms with E-state index in [9.17, 15) is 9.59 Å². The van der Waals surface area contributed by atoms with Gasteiger partial charge in [-0.25, -0.2) is 0 Å². The van der Waals surface area contributed by atoms with Crippen molar-refractivity contribution in [2.45, 2.75) is 51.4 Å². The molecule has 0 aliphatic heterocycles. The number of carbonyl (C=O) groups is 2. The molecule has 1 fully saturated rings. The van der Waals surface area contributed by atoms with Crippen molar-refractivity contribution in [1.29, 1.82) is 0 Å². The monoisotopic (exact) mass is 264 g/mol. The summed E-state index contributed by atoms with van der Waals surface area (Å²) in [5.41, 5.74) is 0. The van der Waals surface area contributed by atoms with E-state index in [0.717, 1.165) is 44.9 Å². The van der Waals surface area contributed by atoms with Gasteiger partial charge in [-0.3, -0.25) is 9.59 Å². The third-order valence-corrected chi connectivity index (χ3v) is 3.81. The topological polar surface area (TPSA) is 34.1 Å². The van der Waals surface area contributed by atoms with Crippen molar-refractivity contribution in [3.05, 3.63) is 0 Å². The first-order valence-electron chi connectivity index (χ1n) is 5.97. The molecule has 2 atom stereocenters. The van der Waals surface area contributed by atoms with Crippen molar-refractivity contribution >= 4 is 33.7 Å². The van der Waals surface area contributed by atoms with E-state index >= 15 is 0 Å². The van der Waals surface area contributed by atoms with Gasteiger partial charge < -0.3 is 0 Å². The maximum absolute atomic E-state index is 11.1. The molecule has 0 radical (unpaired) electrons. The van der Waals surface area contributed by atoms with Crippen LogP contribution in [0, 0.1) is 11.8 Å². The average molecular weight is 265 g/mol. The molecule has 1 aliphatic carbocycles. The van der Waals surface area contributed by atoms with Crippen LogP contribution in [0.4, 0.5) is 0 Å². The van der Waals surface area contributed by atoms with Crippen molar-refractivity contribution < 1.29 is 9.59 Å². The number of rotatable bonds is 3. The van der Waals surface area contributed by atoms with Gasteiger partial charge in [-0.1, -0.05) is 19.3 Å². The largest absolute Gasteiger partial charge is 0.281 e. The molecule has 1 saturated carbocycles. The standard InChI is InChI=1S/C12H18Cl2O2/c13-11(15)8-9-4-1-2-6-10(12(14)16)7-3-5-9/h9-10H,1-8H2. The van der Waals surface area contributed by atoms with Crippen LogP contribution in [0.1, 0.15) is 51.4 Å². The predicted octanol–water partition coefficient (Wildman–Crippen LogP) is 3.88. The van der Waals surface area contributed by atoms with E-state index in [1.165, 1.54) is 0 Å². The molecule has 2 nitrogen and oxygen atoms in total. The lowest BCUT2D eigenvalue weighted by molar-refractivity contribution is -0.115. The highest BCUT2D eigenvalue weighted by molar-refractivity contribution is 6.64. The first kappa shape index (κ1) is 14.0. The van der Waals surface area contributed by atoms with Gasteiger partial charge in [-0.05, 0) is 54.8 Å². The number of halogens is 2. The average Bonchev–Trinajstić information content (AvgIpc) is 2.29. The SMILES string of the molecule is O=C(Cl)CC1CCCCC(C(=O)Cl)CCC1. The van der Waals surface area contributed by atoms with Gasteiger partial charge in [0.1, 0.15) is 0 Å². The summed E-state index contributed by atoms with van der Waals surface area (Å²) in [5.74, 6) is 0.418. The van der Waals surface area contributed by atoms with Crippen molar-refractivity contribution in [1.82, 2.24) is 0 Å². The van der Waals surface area contributed by atoms with E-state index in [-0.39, 0.29) is 16.4 Å². The second kappa shape index (κ2) is 7.29. The van der Waals surface area contributed by atoms with E-state index in [1.54, 1.807) is 0 Å². The van der Waals surface area contributed by atoms with Crippen LogP contribution in [-0.4, -0.2) is 10.5 Å². The molecule has 92 valence electrons. The van der Waals surface area contributed by atoms with E-state index < -0.39 is 0 Å². The molecule has 16 heavy (non-hydrogen) atoms. The molecule has 0 aromatic heterocycles. The minimum atomic E-state index is -0.241. The van der Waals surface area contributed by atoms with Gasteiger partial charge in [0.05, 0.1) is 0 Å². The summed E-state index contributed by atoms with van der Waals surface area (Å²) in [5, 5.41) is -0.443. The molecule has 0 heterocycles. The molecule has 0 aromatic carbocycles. The Hall–Kier alpha value is -0.0800. The quantitative estimate of drug-likeness (QED) is 0.725. The molecular weight excluding hydrogens is 247 g/mol. The Labute approximate surface area is 107 Å². The molecule has 0 bridgehead atoms. The molecule has 2 unspecified atom stereocenters.